The number of alkyl halides is 3. The number of halogens is 3. The minimum Gasteiger partial charge on any atom is -0.480 e. The number of nitrogens with one attached hydrogen (secondary N) is 1. The molecule has 4 aromatic rings. The van der Waals surface area contributed by atoms with Crippen LogP contribution >= 0.6 is 0 Å². The van der Waals surface area contributed by atoms with Gasteiger partial charge in [0, 0.05) is 23.3 Å². The summed E-state index contributed by atoms with van der Waals surface area (Å²) in [5, 5.41) is 14.0. The maximum atomic E-state index is 15.1. The maximum Gasteiger partial charge on any atom is 0.416 e. The molecule has 6 rings (SSSR count). The monoisotopic (exact) mass is 710 g/mol. The highest BCUT2D eigenvalue weighted by Crippen LogP contribution is 2.39. The molecule has 2 aliphatic carbocycles. The van der Waals surface area contributed by atoms with Gasteiger partial charge in [0.1, 0.15) is 0 Å². The Hall–Kier alpha value is -4.92. The summed E-state index contributed by atoms with van der Waals surface area (Å²) in [4.78, 5) is 44.4. The van der Waals surface area contributed by atoms with E-state index in [9.17, 15) is 27.9 Å². The Morgan fingerprint density at radius 1 is 0.673 bits per heavy atom. The van der Waals surface area contributed by atoms with Gasteiger partial charge in [-0.25, -0.2) is 0 Å². The number of carboxylic acid groups (broad SMARTS) is 1. The van der Waals surface area contributed by atoms with Crippen molar-refractivity contribution in [2.45, 2.75) is 101 Å². The summed E-state index contributed by atoms with van der Waals surface area (Å²) in [6.45, 7) is 0. The fourth-order valence-corrected chi connectivity index (χ4v) is 8.05. The molecule has 0 aliphatic heterocycles. The molecule has 0 spiro atoms. The number of rotatable bonds is 11. The number of carbonyl (C=O) groups excluding carboxylic acids is 2. The molecule has 6 nitrogen and oxygen atoms in total. The lowest BCUT2D eigenvalue weighted by Gasteiger charge is -2.45. The van der Waals surface area contributed by atoms with Gasteiger partial charge in [0.25, 0.3) is 5.91 Å². The fraction of sp³-hybridized carbons (Fsp3) is 0.372. The zero-order valence-electron chi connectivity index (χ0n) is 29.2. The van der Waals surface area contributed by atoms with Gasteiger partial charge >= 0.3 is 12.1 Å². The van der Waals surface area contributed by atoms with Gasteiger partial charge in [0.2, 0.25) is 5.91 Å². The molecule has 0 heterocycles. The lowest BCUT2D eigenvalue weighted by Crippen LogP contribution is -2.58. The first kappa shape index (κ1) is 36.9. The van der Waals surface area contributed by atoms with Gasteiger partial charge in [-0.2, -0.15) is 13.2 Å². The smallest absolute Gasteiger partial charge is 0.416 e. The van der Waals surface area contributed by atoms with E-state index in [-0.39, 0.29) is 30.0 Å². The Kier molecular flexibility index (Phi) is 11.5. The van der Waals surface area contributed by atoms with Crippen molar-refractivity contribution in [3.8, 4) is 11.1 Å². The van der Waals surface area contributed by atoms with E-state index >= 15 is 4.79 Å². The molecule has 0 aromatic heterocycles. The summed E-state index contributed by atoms with van der Waals surface area (Å²) in [7, 11) is 0. The summed E-state index contributed by atoms with van der Waals surface area (Å²) in [5.74, 6) is -2.02. The zero-order valence-corrected chi connectivity index (χ0v) is 29.2. The molecule has 1 unspecified atom stereocenters. The average Bonchev–Trinajstić information content (AvgIpc) is 3.16. The molecule has 0 bridgehead atoms. The lowest BCUT2D eigenvalue weighted by atomic mass is 9.73. The Labute approximate surface area is 303 Å². The molecule has 2 saturated carbocycles. The highest BCUT2D eigenvalue weighted by molar-refractivity contribution is 6.10. The highest BCUT2D eigenvalue weighted by Gasteiger charge is 2.52. The quantitative estimate of drug-likeness (QED) is 0.152. The van der Waals surface area contributed by atoms with Gasteiger partial charge in [-0.05, 0) is 91.1 Å². The van der Waals surface area contributed by atoms with Crippen LogP contribution in [0, 0.1) is 0 Å². The van der Waals surface area contributed by atoms with Crippen LogP contribution in [0.15, 0.2) is 103 Å². The van der Waals surface area contributed by atoms with E-state index in [0.29, 0.717) is 28.8 Å². The Bertz CT molecular complexity index is 1810. The summed E-state index contributed by atoms with van der Waals surface area (Å²) >= 11 is 0. The van der Waals surface area contributed by atoms with Gasteiger partial charge in [0.15, 0.2) is 5.41 Å². The number of aryl methyl sites for hydroxylation is 1. The SMILES string of the molecule is O=C(Nc1ccc(C(CCc2ccccc2)(C(=O)O)C(=O)N(C2CCCCC2)C2CCCCC2)cc1)c1ccccc1-c1ccc(C(F)(F)F)cc1. The average molecular weight is 711 g/mol. The molecule has 4 aromatic carbocycles. The lowest BCUT2D eigenvalue weighted by molar-refractivity contribution is -0.158. The number of benzene rings is 4. The van der Waals surface area contributed by atoms with Crippen molar-refractivity contribution >= 4 is 23.5 Å². The Morgan fingerprint density at radius 3 is 1.77 bits per heavy atom. The molecule has 2 N–H and O–H groups in total. The van der Waals surface area contributed by atoms with E-state index in [4.69, 9.17) is 0 Å². The standard InChI is InChI=1S/C43H45F3N2O4/c44-43(45,46)33-22-20-31(21-23-33)37-18-10-11-19-38(37)39(49)47-34-26-24-32(25-27-34)42(41(51)52,29-28-30-12-4-1-5-13-30)40(50)48(35-14-6-2-7-15-35)36-16-8-3-9-17-36/h1,4-5,10-13,18-27,35-36H,2-3,6-9,14-17,28-29H2,(H,47,49)(H,51,52). The highest BCUT2D eigenvalue weighted by atomic mass is 19.4. The van der Waals surface area contributed by atoms with Gasteiger partial charge in [-0.1, -0.05) is 111 Å². The summed E-state index contributed by atoms with van der Waals surface area (Å²) in [6.07, 6.45) is 5.76. The third kappa shape index (κ3) is 8.09. The van der Waals surface area contributed by atoms with Crippen molar-refractivity contribution < 1.29 is 32.7 Å². The molecular weight excluding hydrogens is 665 g/mol. The van der Waals surface area contributed by atoms with E-state index in [2.05, 4.69) is 5.32 Å². The molecule has 2 fully saturated rings. The normalized spacial score (nSPS) is 16.8. The molecule has 52 heavy (non-hydrogen) atoms. The van der Waals surface area contributed by atoms with Crippen molar-refractivity contribution in [2.24, 2.45) is 0 Å². The van der Waals surface area contributed by atoms with Crippen LogP contribution in [-0.4, -0.2) is 39.9 Å². The summed E-state index contributed by atoms with van der Waals surface area (Å²) < 4.78 is 39.5. The molecule has 2 amide bonds. The predicted molar refractivity (Wildman–Crippen MR) is 196 cm³/mol. The topological polar surface area (TPSA) is 86.7 Å². The number of carbonyl (C=O) groups is 3. The van der Waals surface area contributed by atoms with E-state index < -0.39 is 29.0 Å². The fourth-order valence-electron chi connectivity index (χ4n) is 8.05. The molecule has 0 saturated heterocycles. The van der Waals surface area contributed by atoms with Crippen LogP contribution < -0.4 is 5.32 Å². The second-order valence-electron chi connectivity index (χ2n) is 14.1. The number of hydrogen-bond donors (Lipinski definition) is 2. The third-order valence-corrected chi connectivity index (χ3v) is 10.9. The van der Waals surface area contributed by atoms with E-state index in [1.807, 2.05) is 35.2 Å². The molecule has 2 aliphatic rings. The van der Waals surface area contributed by atoms with Gasteiger partial charge in [-0.15, -0.1) is 0 Å². The van der Waals surface area contributed by atoms with Crippen molar-refractivity contribution in [1.82, 2.24) is 4.90 Å². The minimum absolute atomic E-state index is 0.00287. The second kappa shape index (κ2) is 16.2. The zero-order chi connectivity index (χ0) is 36.7. The van der Waals surface area contributed by atoms with Crippen LogP contribution in [0.2, 0.25) is 0 Å². The van der Waals surface area contributed by atoms with E-state index in [0.717, 1.165) is 81.9 Å². The number of aliphatic carboxylic acids is 1. The van der Waals surface area contributed by atoms with Crippen LogP contribution in [0.25, 0.3) is 11.1 Å². The van der Waals surface area contributed by atoms with Crippen molar-refractivity contribution in [2.75, 3.05) is 5.32 Å². The molecule has 0 radical (unpaired) electrons. The third-order valence-electron chi connectivity index (χ3n) is 10.9. The van der Waals surface area contributed by atoms with Gasteiger partial charge in [0.05, 0.1) is 5.56 Å². The van der Waals surface area contributed by atoms with Crippen molar-refractivity contribution in [3.05, 3.63) is 125 Å². The van der Waals surface area contributed by atoms with Crippen LogP contribution in [0.3, 0.4) is 0 Å². The minimum atomic E-state index is -4.48. The van der Waals surface area contributed by atoms with E-state index in [1.54, 1.807) is 48.5 Å². The number of anilines is 1. The van der Waals surface area contributed by atoms with Crippen LogP contribution in [0.1, 0.15) is 97.7 Å². The first-order chi connectivity index (χ1) is 25.1. The number of carboxylic acids is 1. The van der Waals surface area contributed by atoms with Crippen molar-refractivity contribution in [1.29, 1.82) is 0 Å². The van der Waals surface area contributed by atoms with Gasteiger partial charge in [-0.3, -0.25) is 14.4 Å². The largest absolute Gasteiger partial charge is 0.480 e. The number of hydrogen-bond acceptors (Lipinski definition) is 3. The first-order valence-electron chi connectivity index (χ1n) is 18.4. The van der Waals surface area contributed by atoms with Gasteiger partial charge < -0.3 is 15.3 Å². The number of amides is 2. The maximum absolute atomic E-state index is 15.1. The molecule has 272 valence electrons. The summed E-state index contributed by atoms with van der Waals surface area (Å²) in [5.41, 5.74) is 0.257. The molecular formula is C43H45F3N2O4. The Morgan fingerprint density at radius 2 is 1.21 bits per heavy atom. The second-order valence-corrected chi connectivity index (χ2v) is 14.1. The van der Waals surface area contributed by atoms with Crippen LogP contribution in [-0.2, 0) is 27.6 Å². The predicted octanol–water partition coefficient (Wildman–Crippen LogP) is 10.1. The Balaban J connectivity index is 1.32. The van der Waals surface area contributed by atoms with Crippen LogP contribution in [0.5, 0.6) is 0 Å². The van der Waals surface area contributed by atoms with Crippen molar-refractivity contribution in [3.63, 3.8) is 0 Å². The van der Waals surface area contributed by atoms with Crippen LogP contribution in [0.4, 0.5) is 18.9 Å². The number of nitrogens with zero attached hydrogens (tertiary/aromatic N) is 1. The molecule has 1 atom stereocenters. The molecule has 9 heteroatoms. The first-order valence-corrected chi connectivity index (χ1v) is 18.4. The van der Waals surface area contributed by atoms with E-state index in [1.165, 1.54) is 12.1 Å². The summed E-state index contributed by atoms with van der Waals surface area (Å²) in [6, 6.07) is 27.4.